The Balaban J connectivity index is 3.09. The van der Waals surface area contributed by atoms with Crippen molar-refractivity contribution in [3.05, 3.63) is 14.7 Å². The van der Waals surface area contributed by atoms with E-state index in [1.807, 2.05) is 0 Å². The summed E-state index contributed by atoms with van der Waals surface area (Å²) in [6.45, 7) is 5.53. The van der Waals surface area contributed by atoms with E-state index in [9.17, 15) is 8.42 Å². The molecule has 0 saturated carbocycles. The molecule has 0 atom stereocenters. The molecule has 1 aromatic rings. The second kappa shape index (κ2) is 4.73. The van der Waals surface area contributed by atoms with Crippen molar-refractivity contribution in [2.24, 2.45) is 5.73 Å². The van der Waals surface area contributed by atoms with Gasteiger partial charge in [0.05, 0.1) is 8.68 Å². The van der Waals surface area contributed by atoms with Crippen LogP contribution in [-0.4, -0.2) is 20.5 Å². The van der Waals surface area contributed by atoms with Gasteiger partial charge in [-0.2, -0.15) is 0 Å². The van der Waals surface area contributed by atoms with Gasteiger partial charge in [-0.15, -0.1) is 11.3 Å². The number of sulfonamides is 1. The molecule has 0 bridgehead atoms. The van der Waals surface area contributed by atoms with Crippen molar-refractivity contribution in [3.63, 3.8) is 0 Å². The summed E-state index contributed by atoms with van der Waals surface area (Å²) in [6, 6.07) is 1.61. The van der Waals surface area contributed by atoms with Gasteiger partial charge in [-0.05, 0) is 42.8 Å². The number of rotatable bonds is 4. The first kappa shape index (κ1) is 14.1. The Bertz CT molecular complexity index is 480. The Morgan fingerprint density at radius 2 is 2.12 bits per heavy atom. The third kappa shape index (κ3) is 3.27. The Hall–Kier alpha value is 0.0500. The smallest absolute Gasteiger partial charge is 0.242 e. The molecule has 0 radical (unpaired) electrons. The Labute approximate surface area is 108 Å². The Kier molecular flexibility index (Phi) is 4.18. The summed E-state index contributed by atoms with van der Waals surface area (Å²) in [5.74, 6) is 0. The normalized spacial score (nSPS) is 13.1. The molecule has 1 rings (SSSR count). The van der Waals surface area contributed by atoms with E-state index in [2.05, 4.69) is 20.7 Å². The van der Waals surface area contributed by atoms with Gasteiger partial charge >= 0.3 is 0 Å². The fourth-order valence-electron chi connectivity index (χ4n) is 1.16. The lowest BCUT2D eigenvalue weighted by molar-refractivity contribution is 0.462. The fourth-order valence-corrected chi connectivity index (χ4v) is 5.00. The predicted molar refractivity (Wildman–Crippen MR) is 70.2 cm³/mol. The van der Waals surface area contributed by atoms with Crippen LogP contribution >= 0.6 is 27.3 Å². The monoisotopic (exact) mass is 326 g/mol. The Morgan fingerprint density at radius 3 is 2.50 bits per heavy atom. The lowest BCUT2D eigenvalue weighted by atomic mass is 10.1. The van der Waals surface area contributed by atoms with Gasteiger partial charge in [0.15, 0.2) is 0 Å². The molecule has 0 unspecified atom stereocenters. The zero-order chi connectivity index (χ0) is 12.6. The van der Waals surface area contributed by atoms with Crippen molar-refractivity contribution in [2.45, 2.75) is 31.2 Å². The largest absolute Gasteiger partial charge is 0.329 e. The first-order chi connectivity index (χ1) is 7.18. The second-order valence-corrected chi connectivity index (χ2v) is 8.45. The van der Waals surface area contributed by atoms with Gasteiger partial charge in [-0.3, -0.25) is 0 Å². The third-order valence-electron chi connectivity index (χ3n) is 2.05. The number of nitrogens with one attached hydrogen (secondary N) is 1. The van der Waals surface area contributed by atoms with Crippen LogP contribution in [0.4, 0.5) is 0 Å². The van der Waals surface area contributed by atoms with Crippen LogP contribution in [0.5, 0.6) is 0 Å². The maximum atomic E-state index is 12.1. The van der Waals surface area contributed by atoms with Gasteiger partial charge in [0, 0.05) is 17.0 Å². The van der Waals surface area contributed by atoms with Crippen LogP contribution in [0.1, 0.15) is 18.7 Å². The number of hydrogen-bond acceptors (Lipinski definition) is 4. The third-order valence-corrected chi connectivity index (χ3v) is 5.56. The molecule has 0 amide bonds. The Morgan fingerprint density at radius 1 is 1.56 bits per heavy atom. The zero-order valence-corrected chi connectivity index (χ0v) is 12.6. The van der Waals surface area contributed by atoms with Crippen LogP contribution < -0.4 is 10.5 Å². The highest BCUT2D eigenvalue weighted by Gasteiger charge is 2.27. The molecule has 4 nitrogen and oxygen atoms in total. The average Bonchev–Trinajstić information content (AvgIpc) is 2.44. The summed E-state index contributed by atoms with van der Waals surface area (Å²) >= 11 is 4.67. The van der Waals surface area contributed by atoms with E-state index < -0.39 is 15.6 Å². The van der Waals surface area contributed by atoms with Crippen LogP contribution in [0.25, 0.3) is 0 Å². The predicted octanol–water partition coefficient (Wildman–Crippen LogP) is 1.83. The maximum absolute atomic E-state index is 12.1. The minimum Gasteiger partial charge on any atom is -0.329 e. The van der Waals surface area contributed by atoms with Gasteiger partial charge in [0.2, 0.25) is 10.0 Å². The van der Waals surface area contributed by atoms with Crippen LogP contribution in [-0.2, 0) is 10.0 Å². The van der Waals surface area contributed by atoms with E-state index in [4.69, 9.17) is 5.73 Å². The minimum atomic E-state index is -3.49. The number of thiophene rings is 1. The van der Waals surface area contributed by atoms with Crippen LogP contribution in [0, 0.1) is 6.92 Å². The number of halogens is 1. The average molecular weight is 327 g/mol. The van der Waals surface area contributed by atoms with Gasteiger partial charge in [-0.1, -0.05) is 0 Å². The number of hydrogen-bond donors (Lipinski definition) is 2. The molecule has 1 aromatic heterocycles. The van der Waals surface area contributed by atoms with E-state index in [1.165, 1.54) is 11.3 Å². The first-order valence-corrected chi connectivity index (χ1v) is 7.77. The summed E-state index contributed by atoms with van der Waals surface area (Å²) < 4.78 is 27.5. The maximum Gasteiger partial charge on any atom is 0.242 e. The van der Waals surface area contributed by atoms with Crippen LogP contribution in [0.15, 0.2) is 14.7 Å². The van der Waals surface area contributed by atoms with E-state index in [0.717, 1.165) is 8.66 Å². The molecule has 0 spiro atoms. The molecule has 7 heteroatoms. The van der Waals surface area contributed by atoms with Crippen molar-refractivity contribution in [2.75, 3.05) is 6.54 Å². The highest BCUT2D eigenvalue weighted by Crippen LogP contribution is 2.30. The molecule has 0 aliphatic heterocycles. The summed E-state index contributed by atoms with van der Waals surface area (Å²) in [7, 11) is -3.49. The van der Waals surface area contributed by atoms with Crippen molar-refractivity contribution >= 4 is 37.3 Å². The lowest BCUT2D eigenvalue weighted by Crippen LogP contribution is -2.48. The van der Waals surface area contributed by atoms with E-state index in [-0.39, 0.29) is 6.54 Å². The van der Waals surface area contributed by atoms with E-state index >= 15 is 0 Å². The molecule has 16 heavy (non-hydrogen) atoms. The molecule has 0 saturated heterocycles. The molecule has 0 aromatic carbocycles. The van der Waals surface area contributed by atoms with Crippen molar-refractivity contribution < 1.29 is 8.42 Å². The summed E-state index contributed by atoms with van der Waals surface area (Å²) in [5, 5.41) is 0. The quantitative estimate of drug-likeness (QED) is 0.886. The summed E-state index contributed by atoms with van der Waals surface area (Å²) in [5.41, 5.74) is 4.86. The first-order valence-electron chi connectivity index (χ1n) is 4.68. The number of nitrogens with two attached hydrogens (primary N) is 1. The SMILES string of the molecule is Cc1sc(Br)cc1S(=O)(=O)NC(C)(C)CN. The van der Waals surface area contributed by atoms with Gasteiger partial charge < -0.3 is 5.73 Å². The summed E-state index contributed by atoms with van der Waals surface area (Å²) in [6.07, 6.45) is 0. The molecule has 0 aliphatic carbocycles. The standard InChI is InChI=1S/C9H15BrN2O2S2/c1-6-7(4-8(10)15-6)16(13,14)12-9(2,3)5-11/h4,12H,5,11H2,1-3H3. The molecule has 3 N–H and O–H groups in total. The molecule has 1 heterocycles. The lowest BCUT2D eigenvalue weighted by Gasteiger charge is -2.23. The van der Waals surface area contributed by atoms with E-state index in [1.54, 1.807) is 26.8 Å². The van der Waals surface area contributed by atoms with Gasteiger partial charge in [0.25, 0.3) is 0 Å². The molecule has 0 fully saturated rings. The molecular formula is C9H15BrN2O2S2. The zero-order valence-electron chi connectivity index (χ0n) is 9.37. The molecular weight excluding hydrogens is 312 g/mol. The van der Waals surface area contributed by atoms with Crippen molar-refractivity contribution in [1.29, 1.82) is 0 Å². The highest BCUT2D eigenvalue weighted by atomic mass is 79.9. The minimum absolute atomic E-state index is 0.247. The van der Waals surface area contributed by atoms with Gasteiger partial charge in [0.1, 0.15) is 0 Å². The number of aryl methyl sites for hydroxylation is 1. The fraction of sp³-hybridized carbons (Fsp3) is 0.556. The topological polar surface area (TPSA) is 72.2 Å². The van der Waals surface area contributed by atoms with Crippen molar-refractivity contribution in [3.8, 4) is 0 Å². The molecule has 92 valence electrons. The molecule has 0 aliphatic rings. The highest BCUT2D eigenvalue weighted by molar-refractivity contribution is 9.11. The summed E-state index contributed by atoms with van der Waals surface area (Å²) in [4.78, 5) is 1.07. The van der Waals surface area contributed by atoms with Gasteiger partial charge in [-0.25, -0.2) is 13.1 Å². The second-order valence-electron chi connectivity index (χ2n) is 4.16. The van der Waals surface area contributed by atoms with Crippen LogP contribution in [0.2, 0.25) is 0 Å². The van der Waals surface area contributed by atoms with Crippen LogP contribution in [0.3, 0.4) is 0 Å². The van der Waals surface area contributed by atoms with E-state index in [0.29, 0.717) is 4.90 Å². The van der Waals surface area contributed by atoms with Crippen molar-refractivity contribution in [1.82, 2.24) is 4.72 Å².